The third kappa shape index (κ3) is 5.92. The number of hydrogen-bond donors (Lipinski definition) is 0. The Morgan fingerprint density at radius 1 is 1.57 bits per heavy atom. The molecule has 0 aromatic heterocycles. The van der Waals surface area contributed by atoms with Crippen molar-refractivity contribution in [2.45, 2.75) is 6.42 Å². The third-order valence-electron chi connectivity index (χ3n) is 0.467. The van der Waals surface area contributed by atoms with Crippen LogP contribution in [0.1, 0.15) is 6.42 Å². The molecule has 0 N–H and O–H groups in total. The van der Waals surface area contributed by atoms with Crippen LogP contribution >= 0.6 is 0 Å². The topological polar surface area (TPSA) is 12.5 Å². The SMILES string of the molecule is [CH]CCON(C)C. The second kappa shape index (κ2) is 4.09. The molecule has 2 radical (unpaired) electrons. The highest BCUT2D eigenvalue weighted by molar-refractivity contribution is 4.32. The minimum Gasteiger partial charge on any atom is -0.300 e. The minimum atomic E-state index is 0.582. The molecule has 0 aromatic carbocycles. The van der Waals surface area contributed by atoms with Crippen LogP contribution in [-0.4, -0.2) is 25.8 Å². The highest BCUT2D eigenvalue weighted by Crippen LogP contribution is 1.79. The van der Waals surface area contributed by atoms with E-state index in [-0.39, 0.29) is 0 Å². The molecule has 0 saturated carbocycles. The van der Waals surface area contributed by atoms with Crippen LogP contribution in [0.3, 0.4) is 0 Å². The largest absolute Gasteiger partial charge is 0.300 e. The number of rotatable bonds is 3. The molecule has 0 aromatic rings. The molecule has 0 aliphatic heterocycles. The van der Waals surface area contributed by atoms with Crippen molar-refractivity contribution < 1.29 is 4.84 Å². The first-order valence-electron chi connectivity index (χ1n) is 2.27. The maximum atomic E-state index is 5.13. The lowest BCUT2D eigenvalue weighted by molar-refractivity contribution is -0.117. The number of hydrogen-bond acceptors (Lipinski definition) is 2. The molecule has 0 spiro atoms. The van der Waals surface area contributed by atoms with Crippen molar-refractivity contribution in [2.24, 2.45) is 0 Å². The van der Waals surface area contributed by atoms with Gasteiger partial charge < -0.3 is 0 Å². The van der Waals surface area contributed by atoms with Gasteiger partial charge in [0.1, 0.15) is 0 Å². The zero-order valence-corrected chi connectivity index (χ0v) is 4.85. The van der Waals surface area contributed by atoms with Crippen LogP contribution in [0.15, 0.2) is 0 Å². The van der Waals surface area contributed by atoms with Crippen molar-refractivity contribution >= 4 is 0 Å². The average molecular weight is 101 g/mol. The number of nitrogens with zero attached hydrogens (tertiary/aromatic N) is 1. The van der Waals surface area contributed by atoms with Crippen LogP contribution < -0.4 is 0 Å². The monoisotopic (exact) mass is 101 g/mol. The predicted octanol–water partition coefficient (Wildman–Crippen LogP) is 0.581. The fourth-order valence-electron chi connectivity index (χ4n) is 0.235. The molecule has 0 fully saturated rings. The molecule has 0 unspecified atom stereocenters. The van der Waals surface area contributed by atoms with E-state index in [1.165, 1.54) is 0 Å². The molecule has 0 bridgehead atoms. The fourth-order valence-corrected chi connectivity index (χ4v) is 0.235. The molecular weight excluding hydrogens is 90.1 g/mol. The second-order valence-electron chi connectivity index (χ2n) is 1.43. The van der Waals surface area contributed by atoms with Crippen LogP contribution in [-0.2, 0) is 4.84 Å². The molecule has 0 saturated heterocycles. The van der Waals surface area contributed by atoms with Gasteiger partial charge in [-0.3, -0.25) is 4.84 Å². The maximum absolute atomic E-state index is 5.13. The van der Waals surface area contributed by atoms with Gasteiger partial charge in [-0.1, -0.05) is 0 Å². The predicted molar refractivity (Wildman–Crippen MR) is 28.6 cm³/mol. The van der Waals surface area contributed by atoms with Gasteiger partial charge in [-0.25, -0.2) is 0 Å². The van der Waals surface area contributed by atoms with Crippen LogP contribution in [0.2, 0.25) is 0 Å². The molecule has 0 amide bonds. The van der Waals surface area contributed by atoms with Gasteiger partial charge in [0, 0.05) is 14.1 Å². The van der Waals surface area contributed by atoms with Crippen molar-refractivity contribution in [2.75, 3.05) is 20.7 Å². The van der Waals surface area contributed by atoms with E-state index in [0.29, 0.717) is 13.0 Å². The zero-order valence-electron chi connectivity index (χ0n) is 4.85. The highest BCUT2D eigenvalue weighted by Gasteiger charge is 1.82. The Bertz CT molecular complexity index is 37.1. The minimum absolute atomic E-state index is 0.582. The second-order valence-corrected chi connectivity index (χ2v) is 1.43. The van der Waals surface area contributed by atoms with E-state index in [4.69, 9.17) is 11.8 Å². The fraction of sp³-hybridized carbons (Fsp3) is 0.800. The summed E-state index contributed by atoms with van der Waals surface area (Å²) in [6, 6.07) is 0. The summed E-state index contributed by atoms with van der Waals surface area (Å²) in [5.74, 6) is 0. The van der Waals surface area contributed by atoms with Crippen molar-refractivity contribution in [3.63, 3.8) is 0 Å². The van der Waals surface area contributed by atoms with E-state index >= 15 is 0 Å². The summed E-state index contributed by atoms with van der Waals surface area (Å²) in [4.78, 5) is 4.90. The van der Waals surface area contributed by atoms with E-state index < -0.39 is 0 Å². The van der Waals surface area contributed by atoms with Crippen LogP contribution in [0.5, 0.6) is 0 Å². The Labute approximate surface area is 45.0 Å². The van der Waals surface area contributed by atoms with Gasteiger partial charge in [0.2, 0.25) is 0 Å². The quantitative estimate of drug-likeness (QED) is 0.482. The summed E-state index contributed by atoms with van der Waals surface area (Å²) in [6.07, 6.45) is 0.582. The first-order valence-corrected chi connectivity index (χ1v) is 2.27. The normalized spacial score (nSPS) is 10.3. The lowest BCUT2D eigenvalue weighted by Gasteiger charge is -2.07. The Kier molecular flexibility index (Phi) is 4.04. The molecule has 0 aliphatic rings. The van der Waals surface area contributed by atoms with Crippen LogP contribution in [0, 0.1) is 6.92 Å². The zero-order chi connectivity index (χ0) is 5.70. The number of hydroxylamine groups is 2. The van der Waals surface area contributed by atoms with Gasteiger partial charge in [-0.2, -0.15) is 5.06 Å². The van der Waals surface area contributed by atoms with E-state index in [2.05, 4.69) is 0 Å². The lowest BCUT2D eigenvalue weighted by Crippen LogP contribution is -2.12. The van der Waals surface area contributed by atoms with Gasteiger partial charge >= 0.3 is 0 Å². The highest BCUT2D eigenvalue weighted by atomic mass is 16.7. The van der Waals surface area contributed by atoms with Crippen LogP contribution in [0.25, 0.3) is 0 Å². The van der Waals surface area contributed by atoms with E-state index in [1.807, 2.05) is 14.1 Å². The summed E-state index contributed by atoms with van der Waals surface area (Å²) in [6.45, 7) is 5.73. The Balaban J connectivity index is 2.68. The van der Waals surface area contributed by atoms with Gasteiger partial charge in [0.05, 0.1) is 6.61 Å². The molecule has 0 rings (SSSR count). The lowest BCUT2D eigenvalue weighted by atomic mass is 10.5. The Morgan fingerprint density at radius 2 is 2.14 bits per heavy atom. The Morgan fingerprint density at radius 3 is 2.29 bits per heavy atom. The molecule has 0 aliphatic carbocycles. The smallest absolute Gasteiger partial charge is 0.0687 e. The molecule has 0 heterocycles. The molecule has 42 valence electrons. The molecule has 2 heteroatoms. The molecule has 7 heavy (non-hydrogen) atoms. The summed E-state index contributed by atoms with van der Waals surface area (Å²) < 4.78 is 0. The average Bonchev–Trinajstić information content (AvgIpc) is 1.61. The first kappa shape index (κ1) is 6.92. The van der Waals surface area contributed by atoms with Crippen molar-refractivity contribution in [1.29, 1.82) is 0 Å². The maximum Gasteiger partial charge on any atom is 0.0687 e. The van der Waals surface area contributed by atoms with Crippen molar-refractivity contribution in [3.05, 3.63) is 6.92 Å². The van der Waals surface area contributed by atoms with E-state index in [9.17, 15) is 0 Å². The van der Waals surface area contributed by atoms with Crippen molar-refractivity contribution in [3.8, 4) is 0 Å². The Hall–Kier alpha value is -0.0800. The third-order valence-corrected chi connectivity index (χ3v) is 0.467. The van der Waals surface area contributed by atoms with Gasteiger partial charge in [0.25, 0.3) is 0 Å². The standard InChI is InChI=1S/C5H11NO/c1-4-5-7-6(2)3/h1H,4-5H2,2-3H3. The molecule has 0 atom stereocenters. The first-order chi connectivity index (χ1) is 3.27. The van der Waals surface area contributed by atoms with Gasteiger partial charge in [-0.15, -0.1) is 0 Å². The summed E-state index contributed by atoms with van der Waals surface area (Å²) in [7, 11) is 3.66. The van der Waals surface area contributed by atoms with Gasteiger partial charge in [0.15, 0.2) is 0 Å². The summed E-state index contributed by atoms with van der Waals surface area (Å²) in [5, 5.41) is 1.63. The van der Waals surface area contributed by atoms with Crippen molar-refractivity contribution in [1.82, 2.24) is 5.06 Å². The van der Waals surface area contributed by atoms with Gasteiger partial charge in [-0.05, 0) is 13.3 Å². The van der Waals surface area contributed by atoms with Crippen LogP contribution in [0.4, 0.5) is 0 Å². The van der Waals surface area contributed by atoms with E-state index in [0.717, 1.165) is 0 Å². The molecule has 2 nitrogen and oxygen atoms in total. The summed E-state index contributed by atoms with van der Waals surface area (Å²) in [5.41, 5.74) is 0. The summed E-state index contributed by atoms with van der Waals surface area (Å²) >= 11 is 0. The molecular formula is C5H11NO. The van der Waals surface area contributed by atoms with E-state index in [1.54, 1.807) is 5.06 Å².